The molecule has 0 aromatic heterocycles. The molecule has 0 aliphatic carbocycles. The number of piperidine rings is 1. The number of halogens is 1. The van der Waals surface area contributed by atoms with E-state index in [-0.39, 0.29) is 19.1 Å². The van der Waals surface area contributed by atoms with Gasteiger partial charge in [0.15, 0.2) is 0 Å². The van der Waals surface area contributed by atoms with Gasteiger partial charge in [-0.2, -0.15) is 0 Å². The zero-order valence-corrected chi connectivity index (χ0v) is 15.2. The molecule has 2 saturated heterocycles. The Morgan fingerprint density at radius 3 is 2.64 bits per heavy atom. The van der Waals surface area contributed by atoms with Crippen molar-refractivity contribution in [3.8, 4) is 0 Å². The number of aliphatic hydroxyl groups excluding tert-OH is 1. The Bertz CT molecular complexity index is 585. The van der Waals surface area contributed by atoms with Crippen LogP contribution in [-0.4, -0.2) is 68.5 Å². The van der Waals surface area contributed by atoms with E-state index in [1.54, 1.807) is 0 Å². The fourth-order valence-corrected chi connectivity index (χ4v) is 3.55. The van der Waals surface area contributed by atoms with Gasteiger partial charge in [-0.1, -0.05) is 11.6 Å². The standard InChI is InChI=1S/C18H26ClN3O3/c19-15-1-2-17(21-5-3-14(13-23)4-6-21)16(11-15)20-12-18(24)22-7-9-25-10-8-22/h1-2,11,14,20,23H,3-10,12-13H2. The third-order valence-corrected chi connectivity index (χ3v) is 5.20. The molecule has 3 rings (SSSR count). The molecular formula is C18H26ClN3O3. The minimum absolute atomic E-state index is 0.0771. The second kappa shape index (κ2) is 8.74. The normalized spacial score (nSPS) is 19.1. The Labute approximate surface area is 153 Å². The van der Waals surface area contributed by atoms with Crippen molar-refractivity contribution in [1.82, 2.24) is 4.90 Å². The van der Waals surface area contributed by atoms with Crippen molar-refractivity contribution >= 4 is 28.9 Å². The number of hydrogen-bond acceptors (Lipinski definition) is 5. The molecule has 25 heavy (non-hydrogen) atoms. The molecule has 0 radical (unpaired) electrons. The number of nitrogens with one attached hydrogen (secondary N) is 1. The predicted molar refractivity (Wildman–Crippen MR) is 99.4 cm³/mol. The molecule has 0 saturated carbocycles. The van der Waals surface area contributed by atoms with Crippen LogP contribution in [0.15, 0.2) is 18.2 Å². The highest BCUT2D eigenvalue weighted by Crippen LogP contribution is 2.32. The molecule has 6 nitrogen and oxygen atoms in total. The molecule has 7 heteroatoms. The Morgan fingerprint density at radius 1 is 1.24 bits per heavy atom. The van der Waals surface area contributed by atoms with Crippen LogP contribution in [0.5, 0.6) is 0 Å². The van der Waals surface area contributed by atoms with Crippen LogP contribution >= 0.6 is 11.6 Å². The summed E-state index contributed by atoms with van der Waals surface area (Å²) in [6.45, 7) is 4.82. The van der Waals surface area contributed by atoms with Crippen LogP contribution in [-0.2, 0) is 9.53 Å². The first-order valence-electron chi connectivity index (χ1n) is 8.92. The number of rotatable bonds is 5. The molecule has 0 atom stereocenters. The summed E-state index contributed by atoms with van der Waals surface area (Å²) in [6.07, 6.45) is 1.95. The molecule has 2 N–H and O–H groups in total. The monoisotopic (exact) mass is 367 g/mol. The van der Waals surface area contributed by atoms with Crippen LogP contribution < -0.4 is 10.2 Å². The van der Waals surface area contributed by atoms with Crippen LogP contribution in [0.2, 0.25) is 5.02 Å². The van der Waals surface area contributed by atoms with Crippen molar-refractivity contribution in [1.29, 1.82) is 0 Å². The lowest BCUT2D eigenvalue weighted by molar-refractivity contribution is -0.133. The number of aliphatic hydroxyl groups is 1. The SMILES string of the molecule is O=C(CNc1cc(Cl)ccc1N1CCC(CO)CC1)N1CCOCC1. The molecule has 0 unspecified atom stereocenters. The summed E-state index contributed by atoms with van der Waals surface area (Å²) in [4.78, 5) is 16.5. The first-order valence-corrected chi connectivity index (χ1v) is 9.30. The number of ether oxygens (including phenoxy) is 1. The van der Waals surface area contributed by atoms with Crippen molar-refractivity contribution in [3.05, 3.63) is 23.2 Å². The largest absolute Gasteiger partial charge is 0.396 e. The van der Waals surface area contributed by atoms with E-state index in [9.17, 15) is 9.90 Å². The summed E-state index contributed by atoms with van der Waals surface area (Å²) in [6, 6.07) is 5.76. The molecule has 1 aromatic carbocycles. The molecule has 1 aromatic rings. The number of hydrogen-bond donors (Lipinski definition) is 2. The van der Waals surface area contributed by atoms with Gasteiger partial charge in [-0.05, 0) is 37.0 Å². The number of anilines is 2. The van der Waals surface area contributed by atoms with E-state index < -0.39 is 0 Å². The first kappa shape index (κ1) is 18.3. The number of benzene rings is 1. The number of carbonyl (C=O) groups excluding carboxylic acids is 1. The molecule has 0 bridgehead atoms. The molecule has 2 aliphatic rings. The summed E-state index contributed by atoms with van der Waals surface area (Å²) >= 11 is 6.16. The van der Waals surface area contributed by atoms with Crippen molar-refractivity contribution in [2.24, 2.45) is 5.92 Å². The van der Waals surface area contributed by atoms with Crippen LogP contribution in [0.1, 0.15) is 12.8 Å². The molecule has 0 spiro atoms. The van der Waals surface area contributed by atoms with E-state index in [2.05, 4.69) is 10.2 Å². The van der Waals surface area contributed by atoms with Crippen molar-refractivity contribution in [2.75, 3.05) is 62.8 Å². The van der Waals surface area contributed by atoms with Gasteiger partial charge in [0.2, 0.25) is 5.91 Å². The lowest BCUT2D eigenvalue weighted by Gasteiger charge is -2.34. The molecule has 138 valence electrons. The lowest BCUT2D eigenvalue weighted by atomic mass is 9.97. The fourth-order valence-electron chi connectivity index (χ4n) is 3.38. The molecular weight excluding hydrogens is 342 g/mol. The Balaban J connectivity index is 1.64. The van der Waals surface area contributed by atoms with Gasteiger partial charge >= 0.3 is 0 Å². The number of carbonyl (C=O) groups is 1. The highest BCUT2D eigenvalue weighted by Gasteiger charge is 2.22. The first-order chi connectivity index (χ1) is 12.2. The van der Waals surface area contributed by atoms with E-state index in [0.717, 1.165) is 37.3 Å². The van der Waals surface area contributed by atoms with Crippen LogP contribution in [0.4, 0.5) is 11.4 Å². The third-order valence-electron chi connectivity index (χ3n) is 4.97. The second-order valence-corrected chi connectivity index (χ2v) is 7.06. The average Bonchev–Trinajstić information content (AvgIpc) is 2.67. The van der Waals surface area contributed by atoms with Gasteiger partial charge in [-0.15, -0.1) is 0 Å². The summed E-state index contributed by atoms with van der Waals surface area (Å²) in [5.41, 5.74) is 1.95. The molecule has 2 aliphatic heterocycles. The van der Waals surface area contributed by atoms with Crippen LogP contribution in [0, 0.1) is 5.92 Å². The van der Waals surface area contributed by atoms with Gasteiger partial charge in [0.05, 0.1) is 31.1 Å². The highest BCUT2D eigenvalue weighted by atomic mass is 35.5. The van der Waals surface area contributed by atoms with E-state index in [0.29, 0.717) is 37.2 Å². The van der Waals surface area contributed by atoms with E-state index >= 15 is 0 Å². The zero-order chi connectivity index (χ0) is 17.6. The molecule has 1 amide bonds. The van der Waals surface area contributed by atoms with E-state index in [4.69, 9.17) is 16.3 Å². The van der Waals surface area contributed by atoms with Crippen molar-refractivity contribution < 1.29 is 14.6 Å². The topological polar surface area (TPSA) is 65.0 Å². The Kier molecular flexibility index (Phi) is 6.39. The Hall–Kier alpha value is -1.50. The van der Waals surface area contributed by atoms with Crippen LogP contribution in [0.25, 0.3) is 0 Å². The summed E-state index contributed by atoms with van der Waals surface area (Å²) in [5.74, 6) is 0.469. The highest BCUT2D eigenvalue weighted by molar-refractivity contribution is 6.31. The molecule has 2 heterocycles. The summed E-state index contributed by atoms with van der Waals surface area (Å²) in [7, 11) is 0. The maximum atomic E-state index is 12.4. The fraction of sp³-hybridized carbons (Fsp3) is 0.611. The summed E-state index contributed by atoms with van der Waals surface area (Å²) in [5, 5.41) is 13.2. The maximum absolute atomic E-state index is 12.4. The average molecular weight is 368 g/mol. The minimum Gasteiger partial charge on any atom is -0.396 e. The number of nitrogens with zero attached hydrogens (tertiary/aromatic N) is 2. The molecule has 2 fully saturated rings. The van der Waals surface area contributed by atoms with Gasteiger partial charge < -0.3 is 25.0 Å². The van der Waals surface area contributed by atoms with Gasteiger partial charge in [-0.25, -0.2) is 0 Å². The maximum Gasteiger partial charge on any atom is 0.242 e. The zero-order valence-electron chi connectivity index (χ0n) is 14.4. The van der Waals surface area contributed by atoms with Gasteiger partial charge in [-0.3, -0.25) is 4.79 Å². The minimum atomic E-state index is 0.0771. The van der Waals surface area contributed by atoms with Gasteiger partial charge in [0.25, 0.3) is 0 Å². The number of morpholine rings is 1. The van der Waals surface area contributed by atoms with Crippen LogP contribution in [0.3, 0.4) is 0 Å². The predicted octanol–water partition coefficient (Wildman–Crippen LogP) is 1.82. The van der Waals surface area contributed by atoms with E-state index in [1.807, 2.05) is 23.1 Å². The summed E-state index contributed by atoms with van der Waals surface area (Å²) < 4.78 is 5.29. The van der Waals surface area contributed by atoms with Crippen molar-refractivity contribution in [3.63, 3.8) is 0 Å². The number of amides is 1. The third kappa shape index (κ3) is 4.77. The Morgan fingerprint density at radius 2 is 1.96 bits per heavy atom. The van der Waals surface area contributed by atoms with Gasteiger partial charge in [0, 0.05) is 37.8 Å². The van der Waals surface area contributed by atoms with Gasteiger partial charge in [0.1, 0.15) is 0 Å². The lowest BCUT2D eigenvalue weighted by Crippen LogP contribution is -2.43. The second-order valence-electron chi connectivity index (χ2n) is 6.62. The van der Waals surface area contributed by atoms with E-state index in [1.165, 1.54) is 0 Å². The smallest absolute Gasteiger partial charge is 0.242 e. The quantitative estimate of drug-likeness (QED) is 0.831. The van der Waals surface area contributed by atoms with Crippen molar-refractivity contribution in [2.45, 2.75) is 12.8 Å².